The van der Waals surface area contributed by atoms with Gasteiger partial charge >= 0.3 is 0 Å². The normalized spacial score (nSPS) is 12.9. The second-order valence-corrected chi connectivity index (χ2v) is 7.97. The van der Waals surface area contributed by atoms with Gasteiger partial charge < -0.3 is 10.3 Å². The summed E-state index contributed by atoms with van der Waals surface area (Å²) in [5.74, 6) is 0. The van der Waals surface area contributed by atoms with Gasteiger partial charge in [0.25, 0.3) is 0 Å². The van der Waals surface area contributed by atoms with E-state index in [0.717, 1.165) is 57.9 Å². The van der Waals surface area contributed by atoms with Crippen molar-refractivity contribution in [3.63, 3.8) is 0 Å². The molecule has 0 saturated heterocycles. The summed E-state index contributed by atoms with van der Waals surface area (Å²) in [5.41, 5.74) is 10.9. The van der Waals surface area contributed by atoms with E-state index < -0.39 is 0 Å². The summed E-state index contributed by atoms with van der Waals surface area (Å²) >= 11 is 0. The van der Waals surface area contributed by atoms with Gasteiger partial charge in [0.05, 0.1) is 28.9 Å². The minimum atomic E-state index is 0.895. The van der Waals surface area contributed by atoms with Crippen LogP contribution in [0, 0.1) is 6.92 Å². The van der Waals surface area contributed by atoms with Crippen LogP contribution < -0.4 is 5.32 Å². The number of rotatable bonds is 3. The molecule has 0 saturated carbocycles. The Bertz CT molecular complexity index is 1430. The number of imidazole rings is 1. The standard InChI is InChI=1S/C26H21N5/c1-16-4-2-7-24(31-16)26-25(29-15-30-26)17-8-9-23-19(10-17)11-20(13-28-23)21-6-3-5-18-12-27-14-22(18)21/h2-11,13,15,27H,12,14H2,1H3,(H,29,30). The molecule has 0 unspecified atom stereocenters. The molecular weight excluding hydrogens is 382 g/mol. The van der Waals surface area contributed by atoms with Crippen molar-refractivity contribution in [1.82, 2.24) is 25.3 Å². The van der Waals surface area contributed by atoms with Crippen LogP contribution in [0.1, 0.15) is 16.8 Å². The van der Waals surface area contributed by atoms with Crippen LogP contribution in [-0.4, -0.2) is 19.9 Å². The molecule has 0 spiro atoms. The van der Waals surface area contributed by atoms with E-state index in [9.17, 15) is 0 Å². The zero-order chi connectivity index (χ0) is 20.8. The smallest absolute Gasteiger partial charge is 0.0977 e. The third kappa shape index (κ3) is 3.10. The van der Waals surface area contributed by atoms with E-state index in [4.69, 9.17) is 4.98 Å². The SMILES string of the molecule is Cc1cccc(-c2[nH]cnc2-c2ccc3ncc(-c4cccc5c4CNC5)cc3c2)n1. The highest BCUT2D eigenvalue weighted by Crippen LogP contribution is 2.33. The van der Waals surface area contributed by atoms with Crippen LogP contribution in [0.2, 0.25) is 0 Å². The van der Waals surface area contributed by atoms with Gasteiger partial charge in [-0.15, -0.1) is 0 Å². The fraction of sp³-hybridized carbons (Fsp3) is 0.115. The molecule has 5 heteroatoms. The lowest BCUT2D eigenvalue weighted by Crippen LogP contribution is -2.00. The van der Waals surface area contributed by atoms with Crippen molar-refractivity contribution in [3.8, 4) is 33.8 Å². The third-order valence-electron chi connectivity index (χ3n) is 5.94. The zero-order valence-corrected chi connectivity index (χ0v) is 17.2. The first kappa shape index (κ1) is 18.0. The molecule has 0 bridgehead atoms. The van der Waals surface area contributed by atoms with Crippen LogP contribution in [0.4, 0.5) is 0 Å². The molecule has 6 rings (SSSR count). The lowest BCUT2D eigenvalue weighted by atomic mass is 9.96. The first-order valence-electron chi connectivity index (χ1n) is 10.5. The van der Waals surface area contributed by atoms with E-state index in [1.807, 2.05) is 31.3 Å². The Kier molecular flexibility index (Phi) is 4.14. The Labute approximate surface area is 180 Å². The Morgan fingerprint density at radius 2 is 1.77 bits per heavy atom. The summed E-state index contributed by atoms with van der Waals surface area (Å²) in [7, 11) is 0. The minimum Gasteiger partial charge on any atom is -0.343 e. The summed E-state index contributed by atoms with van der Waals surface area (Å²) in [5, 5.41) is 4.55. The third-order valence-corrected chi connectivity index (χ3v) is 5.94. The van der Waals surface area contributed by atoms with Gasteiger partial charge in [0.15, 0.2) is 0 Å². The highest BCUT2D eigenvalue weighted by atomic mass is 14.9. The topological polar surface area (TPSA) is 66.5 Å². The maximum absolute atomic E-state index is 4.74. The van der Waals surface area contributed by atoms with Gasteiger partial charge in [-0.1, -0.05) is 30.3 Å². The largest absolute Gasteiger partial charge is 0.343 e. The predicted molar refractivity (Wildman–Crippen MR) is 123 cm³/mol. The van der Waals surface area contributed by atoms with E-state index in [1.54, 1.807) is 6.33 Å². The molecule has 150 valence electrons. The summed E-state index contributed by atoms with van der Waals surface area (Å²) < 4.78 is 0. The van der Waals surface area contributed by atoms with Crippen molar-refractivity contribution < 1.29 is 0 Å². The van der Waals surface area contributed by atoms with Crippen LogP contribution in [0.15, 0.2) is 73.2 Å². The maximum Gasteiger partial charge on any atom is 0.0977 e. The highest BCUT2D eigenvalue weighted by Gasteiger charge is 2.16. The molecule has 4 heterocycles. The minimum absolute atomic E-state index is 0.895. The monoisotopic (exact) mass is 403 g/mol. The fourth-order valence-electron chi connectivity index (χ4n) is 4.42. The van der Waals surface area contributed by atoms with Crippen molar-refractivity contribution >= 4 is 10.9 Å². The molecule has 1 aliphatic heterocycles. The molecule has 5 nitrogen and oxygen atoms in total. The number of hydrogen-bond acceptors (Lipinski definition) is 4. The van der Waals surface area contributed by atoms with Gasteiger partial charge in [0.1, 0.15) is 0 Å². The molecular formula is C26H21N5. The quantitative estimate of drug-likeness (QED) is 0.431. The predicted octanol–water partition coefficient (Wildman–Crippen LogP) is 5.27. The van der Waals surface area contributed by atoms with Gasteiger partial charge in [-0.05, 0) is 53.9 Å². The number of fused-ring (bicyclic) bond motifs is 2. The van der Waals surface area contributed by atoms with E-state index in [-0.39, 0.29) is 0 Å². The number of aromatic amines is 1. The molecule has 2 N–H and O–H groups in total. The number of nitrogens with one attached hydrogen (secondary N) is 2. The average molecular weight is 403 g/mol. The molecule has 0 aliphatic carbocycles. The average Bonchev–Trinajstić information content (AvgIpc) is 3.48. The van der Waals surface area contributed by atoms with Gasteiger partial charge in [0.2, 0.25) is 0 Å². The fourth-order valence-corrected chi connectivity index (χ4v) is 4.42. The molecule has 31 heavy (non-hydrogen) atoms. The summed E-state index contributed by atoms with van der Waals surface area (Å²) in [6, 6.07) is 21.1. The number of aryl methyl sites for hydroxylation is 1. The lowest BCUT2D eigenvalue weighted by molar-refractivity contribution is 0.765. The van der Waals surface area contributed by atoms with E-state index in [0.29, 0.717) is 0 Å². The van der Waals surface area contributed by atoms with Crippen molar-refractivity contribution in [3.05, 3.63) is 90.0 Å². The van der Waals surface area contributed by atoms with Crippen LogP contribution >= 0.6 is 0 Å². The summed E-state index contributed by atoms with van der Waals surface area (Å²) in [6.07, 6.45) is 3.71. The highest BCUT2D eigenvalue weighted by molar-refractivity contribution is 5.89. The number of H-pyrrole nitrogens is 1. The van der Waals surface area contributed by atoms with E-state index >= 15 is 0 Å². The van der Waals surface area contributed by atoms with Gasteiger partial charge in [-0.25, -0.2) is 4.98 Å². The number of pyridine rings is 2. The molecule has 0 radical (unpaired) electrons. The Morgan fingerprint density at radius 3 is 2.71 bits per heavy atom. The molecule has 0 fully saturated rings. The van der Waals surface area contributed by atoms with Crippen molar-refractivity contribution in [2.45, 2.75) is 20.0 Å². The molecule has 0 amide bonds. The van der Waals surface area contributed by atoms with E-state index in [1.165, 1.54) is 16.7 Å². The zero-order valence-electron chi connectivity index (χ0n) is 17.2. The first-order valence-corrected chi connectivity index (χ1v) is 10.5. The van der Waals surface area contributed by atoms with Gasteiger partial charge in [-0.3, -0.25) is 9.97 Å². The Balaban J connectivity index is 1.46. The maximum atomic E-state index is 4.74. The van der Waals surface area contributed by atoms with Crippen molar-refractivity contribution in [2.75, 3.05) is 0 Å². The lowest BCUT2D eigenvalue weighted by Gasteiger charge is -2.10. The first-order chi connectivity index (χ1) is 15.3. The van der Waals surface area contributed by atoms with Gasteiger partial charge in [-0.2, -0.15) is 0 Å². The summed E-state index contributed by atoms with van der Waals surface area (Å²) in [6.45, 7) is 3.84. The molecule has 2 aromatic carbocycles. The number of nitrogens with zero attached hydrogens (tertiary/aromatic N) is 3. The second kappa shape index (κ2) is 7.15. The van der Waals surface area contributed by atoms with Crippen LogP contribution in [0.5, 0.6) is 0 Å². The number of benzene rings is 2. The van der Waals surface area contributed by atoms with Crippen LogP contribution in [-0.2, 0) is 13.1 Å². The van der Waals surface area contributed by atoms with Crippen LogP contribution in [0.3, 0.4) is 0 Å². The Morgan fingerprint density at radius 1 is 0.871 bits per heavy atom. The Hall–Kier alpha value is -3.83. The molecule has 5 aromatic rings. The molecule has 1 aliphatic rings. The van der Waals surface area contributed by atoms with Crippen molar-refractivity contribution in [2.24, 2.45) is 0 Å². The second-order valence-electron chi connectivity index (χ2n) is 7.97. The van der Waals surface area contributed by atoms with E-state index in [2.05, 4.69) is 62.7 Å². The number of hydrogen-bond donors (Lipinski definition) is 2. The van der Waals surface area contributed by atoms with Gasteiger partial charge in [0, 0.05) is 41.5 Å². The number of aromatic nitrogens is 4. The van der Waals surface area contributed by atoms with Crippen LogP contribution in [0.25, 0.3) is 44.7 Å². The molecule has 3 aromatic heterocycles. The molecule has 0 atom stereocenters. The van der Waals surface area contributed by atoms with Crippen molar-refractivity contribution in [1.29, 1.82) is 0 Å². The summed E-state index contributed by atoms with van der Waals surface area (Å²) in [4.78, 5) is 17.3.